The summed E-state index contributed by atoms with van der Waals surface area (Å²) in [5.74, 6) is -0.264. The van der Waals surface area contributed by atoms with E-state index in [9.17, 15) is 18.0 Å². The van der Waals surface area contributed by atoms with Crippen LogP contribution in [0.15, 0.2) is 12.3 Å². The highest BCUT2D eigenvalue weighted by Gasteiger charge is 2.34. The van der Waals surface area contributed by atoms with Gasteiger partial charge in [-0.3, -0.25) is 4.79 Å². The molecule has 2 rings (SSSR count). The van der Waals surface area contributed by atoms with Crippen molar-refractivity contribution in [3.05, 3.63) is 18.0 Å². The molecule has 1 aliphatic rings. The minimum absolute atomic E-state index is 0.0304. The lowest BCUT2D eigenvalue weighted by Crippen LogP contribution is -2.44. The number of anilines is 1. The van der Waals surface area contributed by atoms with Crippen LogP contribution in [-0.2, 0) is 11.0 Å². The van der Waals surface area contributed by atoms with Gasteiger partial charge in [0.1, 0.15) is 5.69 Å². The number of halogens is 3. The van der Waals surface area contributed by atoms with Crippen LogP contribution in [0.5, 0.6) is 0 Å². The van der Waals surface area contributed by atoms with Crippen molar-refractivity contribution in [1.29, 1.82) is 0 Å². The first-order chi connectivity index (χ1) is 10.4. The summed E-state index contributed by atoms with van der Waals surface area (Å²) in [6.07, 6.45) is -1.09. The Morgan fingerprint density at radius 1 is 1.50 bits per heavy atom. The molecule has 0 radical (unpaired) electrons. The normalized spacial score (nSPS) is 19.1. The molecule has 1 unspecified atom stereocenters. The van der Waals surface area contributed by atoms with Gasteiger partial charge in [-0.2, -0.15) is 13.2 Å². The van der Waals surface area contributed by atoms with Gasteiger partial charge >= 0.3 is 6.18 Å². The van der Waals surface area contributed by atoms with Crippen LogP contribution < -0.4 is 10.2 Å². The van der Waals surface area contributed by atoms with Crippen molar-refractivity contribution in [3.63, 3.8) is 0 Å². The van der Waals surface area contributed by atoms with E-state index in [0.717, 1.165) is 31.5 Å². The third-order valence-corrected chi connectivity index (χ3v) is 3.56. The van der Waals surface area contributed by atoms with Gasteiger partial charge < -0.3 is 10.2 Å². The molecule has 0 spiro atoms. The number of aromatic nitrogens is 2. The van der Waals surface area contributed by atoms with Crippen molar-refractivity contribution in [2.45, 2.75) is 32.4 Å². The van der Waals surface area contributed by atoms with Gasteiger partial charge in [0.15, 0.2) is 0 Å². The maximum atomic E-state index is 12.7. The summed E-state index contributed by atoms with van der Waals surface area (Å²) in [6, 6.07) is 0.846. The van der Waals surface area contributed by atoms with Crippen LogP contribution in [0.1, 0.15) is 31.9 Å². The molecule has 2 heterocycles. The molecule has 1 amide bonds. The largest absolute Gasteiger partial charge is 0.433 e. The number of rotatable bonds is 4. The van der Waals surface area contributed by atoms with Gasteiger partial charge in [-0.15, -0.1) is 0 Å². The summed E-state index contributed by atoms with van der Waals surface area (Å²) in [6.45, 7) is 3.47. The monoisotopic (exact) mass is 316 g/mol. The third-order valence-electron chi connectivity index (χ3n) is 3.56. The number of alkyl halides is 3. The predicted molar refractivity (Wildman–Crippen MR) is 75.3 cm³/mol. The van der Waals surface area contributed by atoms with Gasteiger partial charge in [-0.1, -0.05) is 6.92 Å². The van der Waals surface area contributed by atoms with Crippen LogP contribution in [0, 0.1) is 5.92 Å². The van der Waals surface area contributed by atoms with Gasteiger partial charge in [-0.25, -0.2) is 9.97 Å². The van der Waals surface area contributed by atoms with E-state index in [2.05, 4.69) is 15.3 Å². The Balaban J connectivity index is 2.08. The number of piperidine rings is 1. The Hall–Kier alpha value is -1.86. The first-order valence-electron chi connectivity index (χ1n) is 7.34. The molecule has 1 fully saturated rings. The highest BCUT2D eigenvalue weighted by molar-refractivity contribution is 5.79. The van der Waals surface area contributed by atoms with E-state index in [1.807, 2.05) is 6.92 Å². The van der Waals surface area contributed by atoms with Crippen LogP contribution in [0.3, 0.4) is 0 Å². The average molecular weight is 316 g/mol. The SMILES string of the molecule is CCCNC(=O)C1CCCN(c2nccc(C(F)(F)F)n2)C1. The lowest BCUT2D eigenvalue weighted by molar-refractivity contribution is -0.141. The number of hydrogen-bond acceptors (Lipinski definition) is 4. The number of nitrogens with zero attached hydrogens (tertiary/aromatic N) is 3. The molecule has 22 heavy (non-hydrogen) atoms. The standard InChI is InChI=1S/C14H19F3N4O/c1-2-6-18-12(22)10-4-3-8-21(9-10)13-19-7-5-11(20-13)14(15,16)17/h5,7,10H,2-4,6,8-9H2,1H3,(H,18,22). The van der Waals surface area contributed by atoms with Crippen molar-refractivity contribution in [3.8, 4) is 0 Å². The lowest BCUT2D eigenvalue weighted by Gasteiger charge is -2.32. The minimum atomic E-state index is -4.49. The van der Waals surface area contributed by atoms with E-state index in [-0.39, 0.29) is 17.8 Å². The maximum Gasteiger partial charge on any atom is 0.433 e. The minimum Gasteiger partial charge on any atom is -0.356 e. The van der Waals surface area contributed by atoms with E-state index in [0.29, 0.717) is 19.6 Å². The van der Waals surface area contributed by atoms with Gasteiger partial charge in [-0.05, 0) is 25.3 Å². The summed E-state index contributed by atoms with van der Waals surface area (Å²) < 4.78 is 38.1. The van der Waals surface area contributed by atoms with Crippen LogP contribution in [0.2, 0.25) is 0 Å². The Morgan fingerprint density at radius 2 is 2.27 bits per heavy atom. The van der Waals surface area contributed by atoms with Crippen molar-refractivity contribution in [1.82, 2.24) is 15.3 Å². The van der Waals surface area contributed by atoms with Gasteiger partial charge in [0.25, 0.3) is 0 Å². The zero-order valence-corrected chi connectivity index (χ0v) is 12.4. The number of nitrogens with one attached hydrogen (secondary N) is 1. The first kappa shape index (κ1) is 16.5. The fraction of sp³-hybridized carbons (Fsp3) is 0.643. The molecule has 0 aromatic carbocycles. The second-order valence-electron chi connectivity index (χ2n) is 5.32. The molecule has 1 saturated heterocycles. The smallest absolute Gasteiger partial charge is 0.356 e. The number of hydrogen-bond donors (Lipinski definition) is 1. The molecular formula is C14H19F3N4O. The second kappa shape index (κ2) is 6.93. The molecular weight excluding hydrogens is 297 g/mol. The molecule has 8 heteroatoms. The zero-order chi connectivity index (χ0) is 16.2. The van der Waals surface area contributed by atoms with Gasteiger partial charge in [0, 0.05) is 25.8 Å². The summed E-state index contributed by atoms with van der Waals surface area (Å²) in [4.78, 5) is 21.1. The number of carbonyl (C=O) groups excluding carboxylic acids is 1. The van der Waals surface area contributed by atoms with Gasteiger partial charge in [0.2, 0.25) is 11.9 Å². The average Bonchev–Trinajstić information content (AvgIpc) is 2.52. The number of amides is 1. The number of carbonyl (C=O) groups is 1. The Kier molecular flexibility index (Phi) is 5.20. The quantitative estimate of drug-likeness (QED) is 0.925. The van der Waals surface area contributed by atoms with E-state index in [1.54, 1.807) is 4.90 Å². The molecule has 5 nitrogen and oxygen atoms in total. The molecule has 1 atom stereocenters. The van der Waals surface area contributed by atoms with Crippen LogP contribution in [0.25, 0.3) is 0 Å². The highest BCUT2D eigenvalue weighted by Crippen LogP contribution is 2.29. The van der Waals surface area contributed by atoms with Crippen LogP contribution in [-0.4, -0.2) is 35.5 Å². The van der Waals surface area contributed by atoms with Crippen LogP contribution in [0.4, 0.5) is 19.1 Å². The Labute approximate surface area is 126 Å². The highest BCUT2D eigenvalue weighted by atomic mass is 19.4. The fourth-order valence-corrected chi connectivity index (χ4v) is 2.42. The molecule has 0 aliphatic carbocycles. The first-order valence-corrected chi connectivity index (χ1v) is 7.34. The summed E-state index contributed by atoms with van der Waals surface area (Å²) >= 11 is 0. The molecule has 1 aliphatic heterocycles. The van der Waals surface area contributed by atoms with Gasteiger partial charge in [0.05, 0.1) is 5.92 Å². The molecule has 0 saturated carbocycles. The van der Waals surface area contributed by atoms with E-state index in [1.165, 1.54) is 0 Å². The topological polar surface area (TPSA) is 58.1 Å². The Bertz CT molecular complexity index is 521. The molecule has 0 bridgehead atoms. The van der Waals surface area contributed by atoms with Crippen molar-refractivity contribution in [2.75, 3.05) is 24.5 Å². The Morgan fingerprint density at radius 3 is 2.95 bits per heavy atom. The summed E-state index contributed by atoms with van der Waals surface area (Å²) in [7, 11) is 0. The van der Waals surface area contributed by atoms with E-state index in [4.69, 9.17) is 0 Å². The molecule has 1 aromatic rings. The molecule has 1 aromatic heterocycles. The zero-order valence-electron chi connectivity index (χ0n) is 12.4. The second-order valence-corrected chi connectivity index (χ2v) is 5.32. The van der Waals surface area contributed by atoms with E-state index < -0.39 is 11.9 Å². The maximum absolute atomic E-state index is 12.7. The summed E-state index contributed by atoms with van der Waals surface area (Å²) in [5, 5.41) is 2.82. The van der Waals surface area contributed by atoms with Crippen molar-refractivity contribution >= 4 is 11.9 Å². The van der Waals surface area contributed by atoms with Crippen molar-refractivity contribution < 1.29 is 18.0 Å². The molecule has 1 N–H and O–H groups in total. The third kappa shape index (κ3) is 4.08. The lowest BCUT2D eigenvalue weighted by atomic mass is 9.97. The summed E-state index contributed by atoms with van der Waals surface area (Å²) in [5.41, 5.74) is -0.963. The van der Waals surface area contributed by atoms with Crippen molar-refractivity contribution in [2.24, 2.45) is 5.92 Å². The molecule has 122 valence electrons. The van der Waals surface area contributed by atoms with E-state index >= 15 is 0 Å². The predicted octanol–water partition coefficient (Wildman–Crippen LogP) is 2.24. The fourth-order valence-electron chi connectivity index (χ4n) is 2.42. The van der Waals surface area contributed by atoms with Crippen LogP contribution >= 0.6 is 0 Å².